The van der Waals surface area contributed by atoms with E-state index in [1.54, 1.807) is 0 Å². The monoisotopic (exact) mass is 204 g/mol. The number of oxime groups is 1. The SMILES string of the molecule is O=[N+]([O-])O[C@H]1CO[C@@H]2C(=NO)CO[C@H]12. The van der Waals surface area contributed by atoms with Crippen LogP contribution in [0.4, 0.5) is 0 Å². The van der Waals surface area contributed by atoms with Gasteiger partial charge in [-0.2, -0.15) is 0 Å². The van der Waals surface area contributed by atoms with Crippen molar-refractivity contribution >= 4 is 5.71 Å². The standard InChI is InChI=1S/C6H8N2O6/c9-7-3-1-12-6-4(14-8(10)11)2-13-5(3)6/h4-6,9H,1-2H2/t4-,5+,6+/m0/s1. The van der Waals surface area contributed by atoms with E-state index in [0.29, 0.717) is 5.71 Å². The molecule has 1 N–H and O–H groups in total. The fourth-order valence-corrected chi connectivity index (χ4v) is 1.61. The van der Waals surface area contributed by atoms with Gasteiger partial charge < -0.3 is 19.5 Å². The molecule has 2 rings (SSSR count). The van der Waals surface area contributed by atoms with Crippen LogP contribution in [0.3, 0.4) is 0 Å². The second-order valence-corrected chi connectivity index (χ2v) is 2.99. The van der Waals surface area contributed by atoms with Crippen molar-refractivity contribution in [3.63, 3.8) is 0 Å². The highest BCUT2D eigenvalue weighted by Gasteiger charge is 2.48. The van der Waals surface area contributed by atoms with Gasteiger partial charge in [-0.05, 0) is 0 Å². The third kappa shape index (κ3) is 1.38. The van der Waals surface area contributed by atoms with Gasteiger partial charge >= 0.3 is 0 Å². The average molecular weight is 204 g/mol. The maximum absolute atomic E-state index is 10.1. The zero-order chi connectivity index (χ0) is 10.1. The van der Waals surface area contributed by atoms with Crippen molar-refractivity contribution in [1.82, 2.24) is 0 Å². The highest BCUT2D eigenvalue weighted by Crippen LogP contribution is 2.26. The Morgan fingerprint density at radius 1 is 1.64 bits per heavy atom. The van der Waals surface area contributed by atoms with Crippen molar-refractivity contribution in [3.8, 4) is 0 Å². The van der Waals surface area contributed by atoms with Gasteiger partial charge in [0.25, 0.3) is 5.09 Å². The van der Waals surface area contributed by atoms with Crippen LogP contribution in [0, 0.1) is 10.1 Å². The minimum Gasteiger partial charge on any atom is -0.411 e. The molecule has 3 atom stereocenters. The normalized spacial score (nSPS) is 38.6. The van der Waals surface area contributed by atoms with Crippen LogP contribution in [0.25, 0.3) is 0 Å². The second-order valence-electron chi connectivity index (χ2n) is 2.99. The topological polar surface area (TPSA) is 103 Å². The molecule has 14 heavy (non-hydrogen) atoms. The molecule has 0 aliphatic carbocycles. The van der Waals surface area contributed by atoms with Crippen LogP contribution in [-0.4, -0.2) is 47.5 Å². The molecule has 2 aliphatic rings. The Labute approximate surface area is 78.1 Å². The lowest BCUT2D eigenvalue weighted by Gasteiger charge is -2.12. The van der Waals surface area contributed by atoms with Crippen LogP contribution in [0.2, 0.25) is 0 Å². The first-order valence-electron chi connectivity index (χ1n) is 3.97. The molecule has 0 bridgehead atoms. The Hall–Kier alpha value is -1.41. The number of nitrogens with zero attached hydrogens (tertiary/aromatic N) is 2. The fourth-order valence-electron chi connectivity index (χ4n) is 1.61. The summed E-state index contributed by atoms with van der Waals surface area (Å²) in [6.45, 7) is 0.179. The van der Waals surface area contributed by atoms with Gasteiger partial charge in [0, 0.05) is 0 Å². The smallest absolute Gasteiger partial charge is 0.294 e. The van der Waals surface area contributed by atoms with Gasteiger partial charge in [-0.15, -0.1) is 10.1 Å². The first kappa shape index (κ1) is 9.16. The zero-order valence-corrected chi connectivity index (χ0v) is 7.03. The van der Waals surface area contributed by atoms with Crippen LogP contribution >= 0.6 is 0 Å². The molecule has 0 aromatic heterocycles. The van der Waals surface area contributed by atoms with Crippen LogP contribution in [0.5, 0.6) is 0 Å². The van der Waals surface area contributed by atoms with E-state index in [-0.39, 0.29) is 13.2 Å². The largest absolute Gasteiger partial charge is 0.411 e. The van der Waals surface area contributed by atoms with Crippen molar-refractivity contribution in [3.05, 3.63) is 10.1 Å². The van der Waals surface area contributed by atoms with E-state index < -0.39 is 23.4 Å². The van der Waals surface area contributed by atoms with Gasteiger partial charge in [0.1, 0.15) is 17.9 Å². The van der Waals surface area contributed by atoms with Gasteiger partial charge in [0.2, 0.25) is 0 Å². The first-order chi connectivity index (χ1) is 6.72. The molecule has 0 unspecified atom stereocenters. The molecule has 0 saturated carbocycles. The van der Waals surface area contributed by atoms with Crippen molar-refractivity contribution in [2.75, 3.05) is 13.2 Å². The van der Waals surface area contributed by atoms with Gasteiger partial charge in [-0.25, -0.2) is 0 Å². The maximum atomic E-state index is 10.1. The Morgan fingerprint density at radius 3 is 3.07 bits per heavy atom. The summed E-state index contributed by atoms with van der Waals surface area (Å²) < 4.78 is 10.3. The van der Waals surface area contributed by atoms with Gasteiger partial charge in [0.05, 0.1) is 13.2 Å². The van der Waals surface area contributed by atoms with Gasteiger partial charge in [-0.3, -0.25) is 0 Å². The van der Waals surface area contributed by atoms with Crippen LogP contribution < -0.4 is 0 Å². The molecule has 2 heterocycles. The molecule has 2 fully saturated rings. The van der Waals surface area contributed by atoms with E-state index in [1.165, 1.54) is 0 Å². The number of hydrogen-bond donors (Lipinski definition) is 1. The molecule has 8 heteroatoms. The fraction of sp³-hybridized carbons (Fsp3) is 0.833. The summed E-state index contributed by atoms with van der Waals surface area (Å²) in [7, 11) is 0. The molecule has 0 aromatic rings. The van der Waals surface area contributed by atoms with E-state index in [4.69, 9.17) is 14.7 Å². The first-order valence-corrected chi connectivity index (χ1v) is 3.97. The predicted molar refractivity (Wildman–Crippen MR) is 40.6 cm³/mol. The summed E-state index contributed by atoms with van der Waals surface area (Å²) in [4.78, 5) is 14.4. The van der Waals surface area contributed by atoms with E-state index >= 15 is 0 Å². The molecule has 2 aliphatic heterocycles. The third-order valence-electron chi connectivity index (χ3n) is 2.21. The predicted octanol–water partition coefficient (Wildman–Crippen LogP) is -0.809. The van der Waals surface area contributed by atoms with Crippen molar-refractivity contribution in [2.24, 2.45) is 5.16 Å². The van der Waals surface area contributed by atoms with E-state index in [9.17, 15) is 10.1 Å². The minimum absolute atomic E-state index is 0.0648. The third-order valence-corrected chi connectivity index (χ3v) is 2.21. The Balaban J connectivity index is 2.04. The lowest BCUT2D eigenvalue weighted by molar-refractivity contribution is -0.769. The maximum Gasteiger partial charge on any atom is 0.294 e. The summed E-state index contributed by atoms with van der Waals surface area (Å²) in [5.74, 6) is 0. The molecule has 0 radical (unpaired) electrons. The second kappa shape index (κ2) is 3.39. The molecule has 0 amide bonds. The van der Waals surface area contributed by atoms with Crippen LogP contribution in [0.1, 0.15) is 0 Å². The number of rotatable bonds is 2. The Morgan fingerprint density at radius 2 is 2.43 bits per heavy atom. The lowest BCUT2D eigenvalue weighted by atomic mass is 10.1. The highest BCUT2D eigenvalue weighted by molar-refractivity contribution is 5.92. The molecule has 78 valence electrons. The van der Waals surface area contributed by atoms with Crippen LogP contribution in [0.15, 0.2) is 5.16 Å². The zero-order valence-electron chi connectivity index (χ0n) is 7.03. The highest BCUT2D eigenvalue weighted by atomic mass is 17.0. The molecule has 0 spiro atoms. The Kier molecular flexibility index (Phi) is 2.22. The molecule has 0 aromatic carbocycles. The number of ether oxygens (including phenoxy) is 2. The average Bonchev–Trinajstić information content (AvgIpc) is 2.67. The Bertz CT molecular complexity index is 279. The molecule has 2 saturated heterocycles. The number of fused-ring (bicyclic) bond motifs is 1. The summed E-state index contributed by atoms with van der Waals surface area (Å²) >= 11 is 0. The summed E-state index contributed by atoms with van der Waals surface area (Å²) in [6.07, 6.45) is -1.81. The molecular formula is C6H8N2O6. The van der Waals surface area contributed by atoms with Gasteiger partial charge in [0.15, 0.2) is 6.10 Å². The van der Waals surface area contributed by atoms with E-state index in [0.717, 1.165) is 0 Å². The van der Waals surface area contributed by atoms with E-state index in [2.05, 4.69) is 9.99 Å². The summed E-state index contributed by atoms with van der Waals surface area (Å²) in [5.41, 5.74) is 0.337. The van der Waals surface area contributed by atoms with Crippen molar-refractivity contribution in [1.29, 1.82) is 0 Å². The summed E-state index contributed by atoms with van der Waals surface area (Å²) in [6, 6.07) is 0. The minimum atomic E-state index is -0.881. The molecule has 8 nitrogen and oxygen atoms in total. The van der Waals surface area contributed by atoms with E-state index in [1.807, 2.05) is 0 Å². The quantitative estimate of drug-likeness (QED) is 0.358. The lowest BCUT2D eigenvalue weighted by Crippen LogP contribution is -2.32. The van der Waals surface area contributed by atoms with Crippen LogP contribution in [-0.2, 0) is 14.3 Å². The molecular weight excluding hydrogens is 196 g/mol. The van der Waals surface area contributed by atoms with Gasteiger partial charge in [-0.1, -0.05) is 5.16 Å². The summed E-state index contributed by atoms with van der Waals surface area (Å²) in [5, 5.41) is 20.7. The number of hydrogen-bond acceptors (Lipinski definition) is 7. The van der Waals surface area contributed by atoms with Crippen molar-refractivity contribution < 1.29 is 24.6 Å². The van der Waals surface area contributed by atoms with Crippen molar-refractivity contribution in [2.45, 2.75) is 18.3 Å².